The maximum Gasteiger partial charge on any atom is 0.259 e. The van der Waals surface area contributed by atoms with E-state index in [0.717, 1.165) is 22.0 Å². The molecule has 148 valence electrons. The minimum absolute atomic E-state index is 0.0523. The van der Waals surface area contributed by atoms with Gasteiger partial charge in [0.15, 0.2) is 0 Å². The largest absolute Gasteiger partial charge is 0.497 e. The highest BCUT2D eigenvalue weighted by atomic mass is 16.5. The number of hydrogen-bond donors (Lipinski definition) is 1. The molecule has 0 spiro atoms. The van der Waals surface area contributed by atoms with Crippen molar-refractivity contribution in [3.05, 3.63) is 65.7 Å². The summed E-state index contributed by atoms with van der Waals surface area (Å²) < 4.78 is 10.7. The normalized spacial score (nSPS) is 13.5. The molecule has 6 nitrogen and oxygen atoms in total. The van der Waals surface area contributed by atoms with Crippen molar-refractivity contribution in [1.29, 1.82) is 0 Å². The van der Waals surface area contributed by atoms with Crippen molar-refractivity contribution in [2.45, 2.75) is 13.0 Å². The maximum atomic E-state index is 12.9. The van der Waals surface area contributed by atoms with Gasteiger partial charge in [0.2, 0.25) is 5.91 Å². The van der Waals surface area contributed by atoms with Gasteiger partial charge in [-0.3, -0.25) is 14.5 Å². The Hall–Kier alpha value is -3.54. The predicted molar refractivity (Wildman–Crippen MR) is 112 cm³/mol. The van der Waals surface area contributed by atoms with Crippen molar-refractivity contribution >= 4 is 28.3 Å². The van der Waals surface area contributed by atoms with E-state index < -0.39 is 0 Å². The summed E-state index contributed by atoms with van der Waals surface area (Å²) in [4.78, 5) is 27.2. The van der Waals surface area contributed by atoms with Crippen LogP contribution < -0.4 is 19.7 Å². The lowest BCUT2D eigenvalue weighted by atomic mass is 10.1. The Kier molecular flexibility index (Phi) is 4.84. The Morgan fingerprint density at radius 3 is 2.55 bits per heavy atom. The standard InChI is InChI=1S/C23H22N2O4/c1-14(18-12-16(28-2)10-11-20(18)29-3)24-21(26)13-25-19-9-5-7-15-6-4-8-17(22(15)19)23(25)27/h4-12,14H,13H2,1-3H3,(H,24,26)/t14-/m1/s1. The van der Waals surface area contributed by atoms with Gasteiger partial charge in [-0.25, -0.2) is 0 Å². The third-order valence-electron chi connectivity index (χ3n) is 5.23. The summed E-state index contributed by atoms with van der Waals surface area (Å²) in [5.41, 5.74) is 2.21. The van der Waals surface area contributed by atoms with E-state index in [2.05, 4.69) is 5.32 Å². The number of ether oxygens (including phenoxy) is 2. The fourth-order valence-corrected chi connectivity index (χ4v) is 3.82. The summed E-state index contributed by atoms with van der Waals surface area (Å²) in [6.07, 6.45) is 0. The highest BCUT2D eigenvalue weighted by Crippen LogP contribution is 2.37. The summed E-state index contributed by atoms with van der Waals surface area (Å²) in [5, 5.41) is 4.85. The lowest BCUT2D eigenvalue weighted by Crippen LogP contribution is -2.39. The predicted octanol–water partition coefficient (Wildman–Crippen LogP) is 3.69. The second kappa shape index (κ2) is 7.47. The zero-order valence-electron chi connectivity index (χ0n) is 16.6. The number of rotatable bonds is 6. The molecule has 0 aliphatic carbocycles. The van der Waals surface area contributed by atoms with Crippen molar-refractivity contribution in [3.63, 3.8) is 0 Å². The van der Waals surface area contributed by atoms with Gasteiger partial charge in [-0.05, 0) is 42.6 Å². The van der Waals surface area contributed by atoms with E-state index >= 15 is 0 Å². The summed E-state index contributed by atoms with van der Waals surface area (Å²) in [6, 6.07) is 16.5. The third kappa shape index (κ3) is 3.27. The molecule has 0 unspecified atom stereocenters. The summed E-state index contributed by atoms with van der Waals surface area (Å²) in [6.45, 7) is 1.82. The second-order valence-electron chi connectivity index (χ2n) is 6.97. The summed E-state index contributed by atoms with van der Waals surface area (Å²) in [5.74, 6) is 0.936. The maximum absolute atomic E-state index is 12.9. The Labute approximate surface area is 169 Å². The van der Waals surface area contributed by atoms with Crippen LogP contribution in [0.2, 0.25) is 0 Å². The molecule has 0 saturated heterocycles. The van der Waals surface area contributed by atoms with Crippen molar-refractivity contribution in [1.82, 2.24) is 5.32 Å². The van der Waals surface area contributed by atoms with E-state index in [0.29, 0.717) is 17.1 Å². The number of hydrogen-bond acceptors (Lipinski definition) is 4. The first kappa shape index (κ1) is 18.8. The van der Waals surface area contributed by atoms with Crippen LogP contribution in [0.15, 0.2) is 54.6 Å². The van der Waals surface area contributed by atoms with Crippen LogP contribution in [-0.2, 0) is 4.79 Å². The first-order valence-electron chi connectivity index (χ1n) is 9.38. The highest BCUT2D eigenvalue weighted by molar-refractivity contribution is 6.26. The molecule has 1 aliphatic heterocycles. The first-order chi connectivity index (χ1) is 14.0. The van der Waals surface area contributed by atoms with Crippen LogP contribution in [0, 0.1) is 0 Å². The third-order valence-corrected chi connectivity index (χ3v) is 5.23. The van der Waals surface area contributed by atoms with Gasteiger partial charge in [0.05, 0.1) is 25.9 Å². The van der Waals surface area contributed by atoms with E-state index in [9.17, 15) is 9.59 Å². The Balaban J connectivity index is 1.54. The molecule has 0 saturated carbocycles. The molecule has 2 amide bonds. The number of nitrogens with zero attached hydrogens (tertiary/aromatic N) is 1. The molecular weight excluding hydrogens is 368 g/mol. The Morgan fingerprint density at radius 2 is 1.83 bits per heavy atom. The zero-order chi connectivity index (χ0) is 20.5. The fraction of sp³-hybridized carbons (Fsp3) is 0.217. The molecule has 0 radical (unpaired) electrons. The number of amides is 2. The van der Waals surface area contributed by atoms with Gasteiger partial charge in [0, 0.05) is 16.5 Å². The van der Waals surface area contributed by atoms with E-state index in [1.165, 1.54) is 4.90 Å². The monoisotopic (exact) mass is 390 g/mol. The minimum atomic E-state index is -0.316. The topological polar surface area (TPSA) is 67.9 Å². The van der Waals surface area contributed by atoms with Crippen LogP contribution in [0.4, 0.5) is 5.69 Å². The molecule has 1 aliphatic rings. The molecule has 0 fully saturated rings. The lowest BCUT2D eigenvalue weighted by Gasteiger charge is -2.21. The molecule has 6 heteroatoms. The molecule has 29 heavy (non-hydrogen) atoms. The minimum Gasteiger partial charge on any atom is -0.497 e. The molecule has 1 atom stereocenters. The zero-order valence-corrected chi connectivity index (χ0v) is 16.6. The van der Waals surface area contributed by atoms with Crippen molar-refractivity contribution in [3.8, 4) is 11.5 Å². The molecule has 0 aromatic heterocycles. The van der Waals surface area contributed by atoms with E-state index in [-0.39, 0.29) is 24.4 Å². The summed E-state index contributed by atoms with van der Waals surface area (Å²) in [7, 11) is 3.17. The molecule has 1 heterocycles. The van der Waals surface area contributed by atoms with Gasteiger partial charge >= 0.3 is 0 Å². The number of benzene rings is 3. The lowest BCUT2D eigenvalue weighted by molar-refractivity contribution is -0.120. The number of methoxy groups -OCH3 is 2. The van der Waals surface area contributed by atoms with E-state index in [1.54, 1.807) is 32.4 Å². The van der Waals surface area contributed by atoms with E-state index in [1.807, 2.05) is 43.3 Å². The molecule has 3 aromatic carbocycles. The van der Waals surface area contributed by atoms with Gasteiger partial charge in [0.1, 0.15) is 18.0 Å². The van der Waals surface area contributed by atoms with E-state index in [4.69, 9.17) is 9.47 Å². The van der Waals surface area contributed by atoms with Gasteiger partial charge < -0.3 is 14.8 Å². The van der Waals surface area contributed by atoms with Crippen LogP contribution in [0.5, 0.6) is 11.5 Å². The Morgan fingerprint density at radius 1 is 1.07 bits per heavy atom. The van der Waals surface area contributed by atoms with Gasteiger partial charge in [-0.15, -0.1) is 0 Å². The molecule has 0 bridgehead atoms. The second-order valence-corrected chi connectivity index (χ2v) is 6.97. The number of nitrogens with one attached hydrogen (secondary N) is 1. The molecule has 1 N–H and O–H groups in total. The van der Waals surface area contributed by atoms with Crippen molar-refractivity contribution in [2.24, 2.45) is 0 Å². The van der Waals surface area contributed by atoms with Crippen molar-refractivity contribution < 1.29 is 19.1 Å². The average molecular weight is 390 g/mol. The van der Waals surface area contributed by atoms with Crippen LogP contribution in [-0.4, -0.2) is 32.6 Å². The first-order valence-corrected chi connectivity index (χ1v) is 9.38. The fourth-order valence-electron chi connectivity index (χ4n) is 3.82. The number of anilines is 1. The molecular formula is C23H22N2O4. The molecule has 4 rings (SSSR count). The van der Waals surface area contributed by atoms with Crippen molar-refractivity contribution in [2.75, 3.05) is 25.7 Å². The van der Waals surface area contributed by atoms with Gasteiger partial charge in [0.25, 0.3) is 5.91 Å². The summed E-state index contributed by atoms with van der Waals surface area (Å²) >= 11 is 0. The smallest absolute Gasteiger partial charge is 0.259 e. The van der Waals surface area contributed by atoms with Crippen LogP contribution in [0.3, 0.4) is 0 Å². The SMILES string of the molecule is COc1ccc(OC)c([C@@H](C)NC(=O)CN2C(=O)c3cccc4cccc2c34)c1. The quantitative estimate of drug-likeness (QED) is 0.697. The van der Waals surface area contributed by atoms with Crippen LogP contribution in [0.1, 0.15) is 28.9 Å². The average Bonchev–Trinajstić information content (AvgIpc) is 3.01. The van der Waals surface area contributed by atoms with Crippen LogP contribution in [0.25, 0.3) is 10.8 Å². The number of carbonyl (C=O) groups is 2. The number of carbonyl (C=O) groups excluding carboxylic acids is 2. The van der Waals surface area contributed by atoms with Gasteiger partial charge in [-0.1, -0.05) is 24.3 Å². The van der Waals surface area contributed by atoms with Gasteiger partial charge in [-0.2, -0.15) is 0 Å². The Bertz CT molecular complexity index is 1100. The van der Waals surface area contributed by atoms with Crippen LogP contribution >= 0.6 is 0 Å². The highest BCUT2D eigenvalue weighted by Gasteiger charge is 2.31. The molecule has 3 aromatic rings.